The number of benzene rings is 1. The molecule has 1 fully saturated rings. The van der Waals surface area contributed by atoms with Crippen molar-refractivity contribution in [2.45, 2.75) is 26.8 Å². The SMILES string of the molecule is Cc1noc(C)c1CC(=O)N1CCN(Cc2noc(-c3cccc(Cl)c3)n2)CC1. The molecular weight excluding hydrogens is 394 g/mol. The molecule has 1 aromatic carbocycles. The summed E-state index contributed by atoms with van der Waals surface area (Å²) in [5, 5.41) is 8.61. The zero-order valence-electron chi connectivity index (χ0n) is 16.4. The number of carbonyl (C=O) groups is 1. The molecule has 152 valence electrons. The number of hydrogen-bond acceptors (Lipinski definition) is 7. The number of halogens is 1. The fraction of sp³-hybridized carbons (Fsp3) is 0.400. The van der Waals surface area contributed by atoms with Crippen molar-refractivity contribution in [2.24, 2.45) is 0 Å². The van der Waals surface area contributed by atoms with Gasteiger partial charge in [0.25, 0.3) is 5.89 Å². The van der Waals surface area contributed by atoms with Crippen molar-refractivity contribution in [3.05, 3.63) is 52.1 Å². The molecule has 8 nitrogen and oxygen atoms in total. The molecule has 0 saturated carbocycles. The van der Waals surface area contributed by atoms with Gasteiger partial charge in [-0.3, -0.25) is 9.69 Å². The van der Waals surface area contributed by atoms with E-state index in [1.165, 1.54) is 0 Å². The molecule has 1 saturated heterocycles. The summed E-state index contributed by atoms with van der Waals surface area (Å²) in [6.45, 7) is 7.13. The Morgan fingerprint density at radius 1 is 1.14 bits per heavy atom. The molecule has 0 radical (unpaired) electrons. The lowest BCUT2D eigenvalue weighted by Gasteiger charge is -2.34. The highest BCUT2D eigenvalue weighted by atomic mass is 35.5. The van der Waals surface area contributed by atoms with Gasteiger partial charge in [0.05, 0.1) is 18.7 Å². The lowest BCUT2D eigenvalue weighted by molar-refractivity contribution is -0.132. The van der Waals surface area contributed by atoms with Crippen LogP contribution in [0.25, 0.3) is 11.5 Å². The molecule has 0 atom stereocenters. The Balaban J connectivity index is 1.31. The predicted octanol–water partition coefficient (Wildman–Crippen LogP) is 2.88. The van der Waals surface area contributed by atoms with Gasteiger partial charge in [-0.25, -0.2) is 0 Å². The Bertz CT molecular complexity index is 988. The monoisotopic (exact) mass is 415 g/mol. The maximum Gasteiger partial charge on any atom is 0.258 e. The van der Waals surface area contributed by atoms with Crippen LogP contribution in [0.3, 0.4) is 0 Å². The number of aromatic nitrogens is 3. The van der Waals surface area contributed by atoms with Crippen molar-refractivity contribution in [3.8, 4) is 11.5 Å². The fourth-order valence-electron chi connectivity index (χ4n) is 3.43. The highest BCUT2D eigenvalue weighted by molar-refractivity contribution is 6.30. The first-order valence-electron chi connectivity index (χ1n) is 9.50. The molecule has 4 rings (SSSR count). The third-order valence-electron chi connectivity index (χ3n) is 5.14. The van der Waals surface area contributed by atoms with Gasteiger partial charge in [-0.1, -0.05) is 28.0 Å². The maximum atomic E-state index is 12.6. The van der Waals surface area contributed by atoms with E-state index in [1.807, 2.05) is 30.9 Å². The van der Waals surface area contributed by atoms with Crippen LogP contribution in [-0.2, 0) is 17.8 Å². The van der Waals surface area contributed by atoms with Crippen LogP contribution in [0.15, 0.2) is 33.3 Å². The highest BCUT2D eigenvalue weighted by Gasteiger charge is 2.24. The summed E-state index contributed by atoms with van der Waals surface area (Å²) < 4.78 is 10.5. The van der Waals surface area contributed by atoms with Gasteiger partial charge in [-0.05, 0) is 32.0 Å². The summed E-state index contributed by atoms with van der Waals surface area (Å²) in [4.78, 5) is 21.2. The second-order valence-electron chi connectivity index (χ2n) is 7.16. The number of hydrogen-bond donors (Lipinski definition) is 0. The van der Waals surface area contributed by atoms with Crippen molar-refractivity contribution < 1.29 is 13.8 Å². The summed E-state index contributed by atoms with van der Waals surface area (Å²) in [7, 11) is 0. The third-order valence-corrected chi connectivity index (χ3v) is 5.37. The summed E-state index contributed by atoms with van der Waals surface area (Å²) in [6, 6.07) is 7.32. The van der Waals surface area contributed by atoms with E-state index in [9.17, 15) is 4.79 Å². The molecule has 1 aliphatic rings. The second kappa shape index (κ2) is 8.34. The van der Waals surface area contributed by atoms with Crippen LogP contribution in [0.5, 0.6) is 0 Å². The molecule has 0 spiro atoms. The minimum absolute atomic E-state index is 0.0989. The lowest BCUT2D eigenvalue weighted by Crippen LogP contribution is -2.48. The topological polar surface area (TPSA) is 88.5 Å². The van der Waals surface area contributed by atoms with Crippen LogP contribution in [0.4, 0.5) is 0 Å². The van der Waals surface area contributed by atoms with E-state index < -0.39 is 0 Å². The Morgan fingerprint density at radius 2 is 1.93 bits per heavy atom. The highest BCUT2D eigenvalue weighted by Crippen LogP contribution is 2.21. The van der Waals surface area contributed by atoms with E-state index in [-0.39, 0.29) is 5.91 Å². The van der Waals surface area contributed by atoms with Crippen LogP contribution in [0.1, 0.15) is 22.8 Å². The molecule has 2 aromatic heterocycles. The van der Waals surface area contributed by atoms with Crippen LogP contribution in [0, 0.1) is 13.8 Å². The standard InChI is InChI=1S/C20H22ClN5O3/c1-13-17(14(2)28-23-13)11-19(27)26-8-6-25(7-9-26)12-18-22-20(29-24-18)15-4-3-5-16(21)10-15/h3-5,10H,6-9,11-12H2,1-2H3. The van der Waals surface area contributed by atoms with Crippen LogP contribution in [-0.4, -0.2) is 57.2 Å². The largest absolute Gasteiger partial charge is 0.361 e. The number of nitrogens with zero attached hydrogens (tertiary/aromatic N) is 5. The van der Waals surface area contributed by atoms with E-state index in [4.69, 9.17) is 20.6 Å². The molecule has 1 amide bonds. The minimum atomic E-state index is 0.0989. The van der Waals surface area contributed by atoms with Gasteiger partial charge in [-0.15, -0.1) is 0 Å². The number of piperazine rings is 1. The second-order valence-corrected chi connectivity index (χ2v) is 7.60. The van der Waals surface area contributed by atoms with Gasteiger partial charge in [-0.2, -0.15) is 4.98 Å². The Hall–Kier alpha value is -2.71. The van der Waals surface area contributed by atoms with E-state index in [1.54, 1.807) is 12.1 Å². The van der Waals surface area contributed by atoms with Gasteiger partial charge in [0.15, 0.2) is 5.82 Å². The quantitative estimate of drug-likeness (QED) is 0.633. The van der Waals surface area contributed by atoms with Crippen molar-refractivity contribution in [2.75, 3.05) is 26.2 Å². The van der Waals surface area contributed by atoms with E-state index in [2.05, 4.69) is 20.2 Å². The zero-order valence-corrected chi connectivity index (χ0v) is 17.1. The Morgan fingerprint density at radius 3 is 2.62 bits per heavy atom. The molecule has 3 heterocycles. The summed E-state index contributed by atoms with van der Waals surface area (Å²) in [6.07, 6.45) is 0.328. The third kappa shape index (κ3) is 4.49. The lowest BCUT2D eigenvalue weighted by atomic mass is 10.1. The average molecular weight is 416 g/mol. The van der Waals surface area contributed by atoms with E-state index >= 15 is 0 Å². The van der Waals surface area contributed by atoms with Crippen molar-refractivity contribution >= 4 is 17.5 Å². The first-order chi connectivity index (χ1) is 14.0. The van der Waals surface area contributed by atoms with Crippen LogP contribution >= 0.6 is 11.6 Å². The number of rotatable bonds is 5. The molecular formula is C20H22ClN5O3. The van der Waals surface area contributed by atoms with Crippen molar-refractivity contribution in [1.29, 1.82) is 0 Å². The van der Waals surface area contributed by atoms with Crippen molar-refractivity contribution in [1.82, 2.24) is 25.1 Å². The van der Waals surface area contributed by atoms with Gasteiger partial charge in [0.1, 0.15) is 5.76 Å². The number of carbonyl (C=O) groups excluding carboxylic acids is 1. The zero-order chi connectivity index (χ0) is 20.4. The van der Waals surface area contributed by atoms with Crippen LogP contribution < -0.4 is 0 Å². The van der Waals surface area contributed by atoms with Gasteiger partial charge < -0.3 is 13.9 Å². The Labute approximate surface area is 173 Å². The molecule has 0 N–H and O–H groups in total. The summed E-state index contributed by atoms with van der Waals surface area (Å²) in [5.41, 5.74) is 2.46. The number of aryl methyl sites for hydroxylation is 2. The summed E-state index contributed by atoms with van der Waals surface area (Å²) >= 11 is 6.02. The number of amides is 1. The van der Waals surface area contributed by atoms with Gasteiger partial charge >= 0.3 is 0 Å². The minimum Gasteiger partial charge on any atom is -0.361 e. The molecule has 3 aromatic rings. The van der Waals surface area contributed by atoms with E-state index in [0.29, 0.717) is 48.6 Å². The van der Waals surface area contributed by atoms with Crippen molar-refractivity contribution in [3.63, 3.8) is 0 Å². The smallest absolute Gasteiger partial charge is 0.258 e. The normalized spacial score (nSPS) is 15.1. The van der Waals surface area contributed by atoms with E-state index in [0.717, 1.165) is 29.9 Å². The maximum absolute atomic E-state index is 12.6. The molecule has 29 heavy (non-hydrogen) atoms. The fourth-order valence-corrected chi connectivity index (χ4v) is 3.62. The van der Waals surface area contributed by atoms with Gasteiger partial charge in [0.2, 0.25) is 5.91 Å². The van der Waals surface area contributed by atoms with Crippen LogP contribution in [0.2, 0.25) is 5.02 Å². The summed E-state index contributed by atoms with van der Waals surface area (Å²) in [5.74, 6) is 1.88. The average Bonchev–Trinajstić information content (AvgIpc) is 3.30. The first-order valence-corrected chi connectivity index (χ1v) is 9.88. The molecule has 0 unspecified atom stereocenters. The molecule has 0 bridgehead atoms. The molecule has 9 heteroatoms. The first kappa shape index (κ1) is 19.6. The molecule has 0 aliphatic carbocycles. The van der Waals surface area contributed by atoms with Gasteiger partial charge in [0, 0.05) is 42.3 Å². The Kier molecular flexibility index (Phi) is 5.64. The molecule has 1 aliphatic heterocycles. The predicted molar refractivity (Wildman–Crippen MR) is 106 cm³/mol.